The van der Waals surface area contributed by atoms with Crippen molar-refractivity contribution in [2.75, 3.05) is 10.5 Å². The fourth-order valence-corrected chi connectivity index (χ4v) is 2.82. The molecule has 0 fully saturated rings. The average Bonchev–Trinajstić information content (AvgIpc) is 2.70. The minimum atomic E-state index is -3.66. The molecule has 0 unspecified atom stereocenters. The van der Waals surface area contributed by atoms with Crippen LogP contribution < -0.4 is 10.5 Å². The highest BCUT2D eigenvalue weighted by atomic mass is 79.9. The number of benzene rings is 1. The van der Waals surface area contributed by atoms with Crippen molar-refractivity contribution in [3.63, 3.8) is 0 Å². The smallest absolute Gasteiger partial charge is 0.265 e. The van der Waals surface area contributed by atoms with Crippen LogP contribution in [0.1, 0.15) is 0 Å². The van der Waals surface area contributed by atoms with Gasteiger partial charge in [-0.25, -0.2) is 8.42 Å². The molecule has 3 N–H and O–H groups in total. The van der Waals surface area contributed by atoms with Crippen LogP contribution in [0.25, 0.3) is 0 Å². The molecular formula is C10H11BrN4O2S. The van der Waals surface area contributed by atoms with Gasteiger partial charge < -0.3 is 5.73 Å². The largest absolute Gasteiger partial charge is 0.397 e. The van der Waals surface area contributed by atoms with Crippen molar-refractivity contribution in [1.29, 1.82) is 0 Å². The van der Waals surface area contributed by atoms with Gasteiger partial charge in [-0.15, -0.1) is 0 Å². The van der Waals surface area contributed by atoms with Gasteiger partial charge in [-0.2, -0.15) is 5.10 Å². The van der Waals surface area contributed by atoms with Gasteiger partial charge >= 0.3 is 0 Å². The van der Waals surface area contributed by atoms with Crippen molar-refractivity contribution >= 4 is 37.3 Å². The number of halogens is 1. The number of nitrogen functional groups attached to an aromatic ring is 1. The zero-order chi connectivity index (χ0) is 13.3. The van der Waals surface area contributed by atoms with Gasteiger partial charge in [0.2, 0.25) is 0 Å². The third kappa shape index (κ3) is 2.65. The van der Waals surface area contributed by atoms with E-state index in [0.717, 1.165) is 4.47 Å². The number of anilines is 2. The van der Waals surface area contributed by atoms with Crippen LogP contribution in [0.15, 0.2) is 40.0 Å². The molecule has 96 valence electrons. The molecule has 0 saturated heterocycles. The summed E-state index contributed by atoms with van der Waals surface area (Å²) in [6, 6.07) is 4.92. The van der Waals surface area contributed by atoms with E-state index in [1.807, 2.05) is 0 Å². The lowest BCUT2D eigenvalue weighted by atomic mass is 10.3. The first-order valence-corrected chi connectivity index (χ1v) is 7.22. The van der Waals surface area contributed by atoms with E-state index in [0.29, 0.717) is 11.4 Å². The number of hydrogen-bond acceptors (Lipinski definition) is 4. The van der Waals surface area contributed by atoms with E-state index in [9.17, 15) is 8.42 Å². The quantitative estimate of drug-likeness (QED) is 0.836. The molecule has 0 spiro atoms. The van der Waals surface area contributed by atoms with Crippen LogP contribution >= 0.6 is 15.9 Å². The molecule has 1 aromatic carbocycles. The van der Waals surface area contributed by atoms with Gasteiger partial charge in [-0.1, -0.05) is 15.9 Å². The molecule has 18 heavy (non-hydrogen) atoms. The van der Waals surface area contributed by atoms with E-state index in [1.54, 1.807) is 25.2 Å². The van der Waals surface area contributed by atoms with Crippen molar-refractivity contribution in [1.82, 2.24) is 9.78 Å². The number of hydrogen-bond donors (Lipinski definition) is 2. The molecule has 0 saturated carbocycles. The Labute approximate surface area is 113 Å². The van der Waals surface area contributed by atoms with Crippen molar-refractivity contribution < 1.29 is 8.42 Å². The Morgan fingerprint density at radius 3 is 2.72 bits per heavy atom. The summed E-state index contributed by atoms with van der Waals surface area (Å²) in [6.45, 7) is 0. The molecule has 0 aliphatic carbocycles. The Bertz CT molecular complexity index is 681. The second kappa shape index (κ2) is 4.62. The first-order valence-electron chi connectivity index (χ1n) is 4.95. The summed E-state index contributed by atoms with van der Waals surface area (Å²) in [7, 11) is -2.01. The number of aromatic nitrogens is 2. The number of nitrogens with one attached hydrogen (secondary N) is 1. The highest BCUT2D eigenvalue weighted by molar-refractivity contribution is 9.10. The van der Waals surface area contributed by atoms with Crippen LogP contribution in [0.4, 0.5) is 11.4 Å². The van der Waals surface area contributed by atoms with Gasteiger partial charge in [0, 0.05) is 17.7 Å². The van der Waals surface area contributed by atoms with Crippen LogP contribution in [-0.4, -0.2) is 18.2 Å². The maximum Gasteiger partial charge on any atom is 0.265 e. The fraction of sp³-hybridized carbons (Fsp3) is 0.100. The molecule has 8 heteroatoms. The number of nitrogens with two attached hydrogens (primary N) is 1. The summed E-state index contributed by atoms with van der Waals surface area (Å²) < 4.78 is 28.7. The molecule has 0 atom stereocenters. The number of rotatable bonds is 3. The molecular weight excluding hydrogens is 320 g/mol. The molecule has 0 aliphatic rings. The van der Waals surface area contributed by atoms with E-state index >= 15 is 0 Å². The van der Waals surface area contributed by atoms with E-state index in [1.165, 1.54) is 17.1 Å². The number of sulfonamides is 1. The first kappa shape index (κ1) is 12.9. The zero-order valence-corrected chi connectivity index (χ0v) is 11.9. The highest BCUT2D eigenvalue weighted by Crippen LogP contribution is 2.25. The number of aryl methyl sites for hydroxylation is 1. The SMILES string of the molecule is Cn1cc(S(=O)(=O)Nc2ccc(Br)cc2N)cn1. The molecule has 0 radical (unpaired) electrons. The maximum atomic E-state index is 12.0. The standard InChI is InChI=1S/C10H11BrN4O2S/c1-15-6-8(5-13-15)18(16,17)14-10-3-2-7(11)4-9(10)12/h2-6,14H,12H2,1H3. The van der Waals surface area contributed by atoms with Crippen LogP contribution in [0.2, 0.25) is 0 Å². The van der Waals surface area contributed by atoms with Gasteiger partial charge in [-0.3, -0.25) is 9.40 Å². The molecule has 2 aromatic rings. The second-order valence-electron chi connectivity index (χ2n) is 3.69. The Morgan fingerprint density at radius 2 is 2.17 bits per heavy atom. The van der Waals surface area contributed by atoms with Gasteiger partial charge in [0.15, 0.2) is 0 Å². The van der Waals surface area contributed by atoms with E-state index in [-0.39, 0.29) is 4.90 Å². The summed E-state index contributed by atoms with van der Waals surface area (Å²) >= 11 is 3.25. The van der Waals surface area contributed by atoms with Gasteiger partial charge in [0.05, 0.1) is 17.6 Å². The third-order valence-corrected chi connectivity index (χ3v) is 4.06. The molecule has 0 bridgehead atoms. The predicted octanol–water partition coefficient (Wildman–Crippen LogP) is 1.57. The topological polar surface area (TPSA) is 90.0 Å². The van der Waals surface area contributed by atoms with Crippen LogP contribution in [0, 0.1) is 0 Å². The lowest BCUT2D eigenvalue weighted by Gasteiger charge is -2.09. The highest BCUT2D eigenvalue weighted by Gasteiger charge is 2.17. The molecule has 2 rings (SSSR count). The monoisotopic (exact) mass is 330 g/mol. The van der Waals surface area contributed by atoms with Gasteiger partial charge in [0.25, 0.3) is 10.0 Å². The third-order valence-electron chi connectivity index (χ3n) is 2.25. The van der Waals surface area contributed by atoms with Gasteiger partial charge in [0.1, 0.15) is 4.90 Å². The molecule has 1 heterocycles. The fourth-order valence-electron chi connectivity index (χ4n) is 1.37. The molecule has 0 amide bonds. The summed E-state index contributed by atoms with van der Waals surface area (Å²) in [5.74, 6) is 0. The Morgan fingerprint density at radius 1 is 1.44 bits per heavy atom. The van der Waals surface area contributed by atoms with E-state index in [4.69, 9.17) is 5.73 Å². The first-order chi connectivity index (χ1) is 8.38. The molecule has 1 aromatic heterocycles. The van der Waals surface area contributed by atoms with Crippen molar-refractivity contribution in [2.45, 2.75) is 4.90 Å². The van der Waals surface area contributed by atoms with Crippen molar-refractivity contribution in [3.8, 4) is 0 Å². The van der Waals surface area contributed by atoms with Crippen molar-refractivity contribution in [2.24, 2.45) is 7.05 Å². The summed E-state index contributed by atoms with van der Waals surface area (Å²) in [6.07, 6.45) is 2.69. The minimum Gasteiger partial charge on any atom is -0.397 e. The number of nitrogens with zero attached hydrogens (tertiary/aromatic N) is 2. The van der Waals surface area contributed by atoms with Crippen molar-refractivity contribution in [3.05, 3.63) is 35.1 Å². The normalized spacial score (nSPS) is 11.4. The second-order valence-corrected chi connectivity index (χ2v) is 6.28. The van der Waals surface area contributed by atoms with Gasteiger partial charge in [-0.05, 0) is 18.2 Å². The minimum absolute atomic E-state index is 0.0901. The van der Waals surface area contributed by atoms with Crippen LogP contribution in [0.3, 0.4) is 0 Å². The van der Waals surface area contributed by atoms with Crippen LogP contribution in [-0.2, 0) is 17.1 Å². The Balaban J connectivity index is 2.33. The Kier molecular flexibility index (Phi) is 3.31. The summed E-state index contributed by atoms with van der Waals surface area (Å²) in [5, 5.41) is 3.82. The van der Waals surface area contributed by atoms with E-state index < -0.39 is 10.0 Å². The summed E-state index contributed by atoms with van der Waals surface area (Å²) in [5.41, 5.74) is 6.41. The van der Waals surface area contributed by atoms with Crippen LogP contribution in [0.5, 0.6) is 0 Å². The van der Waals surface area contributed by atoms with E-state index in [2.05, 4.69) is 25.8 Å². The summed E-state index contributed by atoms with van der Waals surface area (Å²) in [4.78, 5) is 0.0901. The Hall–Kier alpha value is -1.54. The maximum absolute atomic E-state index is 12.0. The molecule has 6 nitrogen and oxygen atoms in total. The molecule has 0 aliphatic heterocycles. The lowest BCUT2D eigenvalue weighted by Crippen LogP contribution is -2.13. The average molecular weight is 331 g/mol. The zero-order valence-electron chi connectivity index (χ0n) is 9.46. The predicted molar refractivity (Wildman–Crippen MR) is 72.6 cm³/mol. The lowest BCUT2D eigenvalue weighted by molar-refractivity contribution is 0.601.